The van der Waals surface area contributed by atoms with E-state index in [9.17, 15) is 0 Å². The predicted molar refractivity (Wildman–Crippen MR) is 54.0 cm³/mol. The molecule has 0 aromatic carbocycles. The highest BCUT2D eigenvalue weighted by molar-refractivity contribution is 7.98. The molecule has 72 valence electrons. The average Bonchev–Trinajstić information content (AvgIpc) is 2.65. The second-order valence-corrected chi connectivity index (χ2v) is 3.56. The molecule has 0 radical (unpaired) electrons. The van der Waals surface area contributed by atoms with E-state index in [-0.39, 0.29) is 0 Å². The molecule has 14 heavy (non-hydrogen) atoms. The van der Waals surface area contributed by atoms with Crippen LogP contribution in [0.25, 0.3) is 11.3 Å². The maximum atomic E-state index is 5.09. The highest BCUT2D eigenvalue weighted by atomic mass is 32.2. The number of nitrogens with zero attached hydrogens (tertiary/aromatic N) is 3. The van der Waals surface area contributed by atoms with Crippen molar-refractivity contribution >= 4 is 11.8 Å². The number of aromatic nitrogens is 3. The largest absolute Gasteiger partial charge is 0.356 e. The molecule has 0 N–H and O–H groups in total. The summed E-state index contributed by atoms with van der Waals surface area (Å²) in [5.41, 5.74) is 1.71. The molecule has 0 amide bonds. The molecule has 4 nitrogen and oxygen atoms in total. The van der Waals surface area contributed by atoms with Gasteiger partial charge in [0.15, 0.2) is 10.9 Å². The molecular weight excluding hydrogens is 198 g/mol. The minimum absolute atomic E-state index is 0.704. The molecule has 0 atom stereocenters. The van der Waals surface area contributed by atoms with Crippen LogP contribution in [0.15, 0.2) is 28.1 Å². The van der Waals surface area contributed by atoms with E-state index < -0.39 is 0 Å². The van der Waals surface area contributed by atoms with Gasteiger partial charge in [0, 0.05) is 18.5 Å². The van der Waals surface area contributed by atoms with Crippen LogP contribution >= 0.6 is 11.8 Å². The van der Waals surface area contributed by atoms with Gasteiger partial charge < -0.3 is 4.52 Å². The van der Waals surface area contributed by atoms with E-state index in [1.165, 1.54) is 11.8 Å². The molecule has 0 spiro atoms. The van der Waals surface area contributed by atoms with Gasteiger partial charge in [0.1, 0.15) is 0 Å². The van der Waals surface area contributed by atoms with Crippen LogP contribution in [-0.4, -0.2) is 21.4 Å². The first-order valence-electron chi connectivity index (χ1n) is 4.09. The summed E-state index contributed by atoms with van der Waals surface area (Å²) in [7, 11) is 0. The highest BCUT2D eigenvalue weighted by Gasteiger charge is 2.04. The van der Waals surface area contributed by atoms with Crippen molar-refractivity contribution in [1.29, 1.82) is 0 Å². The molecule has 0 aliphatic carbocycles. The van der Waals surface area contributed by atoms with Gasteiger partial charge in [-0.05, 0) is 13.2 Å². The third-order valence-electron chi connectivity index (χ3n) is 1.72. The fraction of sp³-hybridized carbons (Fsp3) is 0.222. The number of hydrogen-bond donors (Lipinski definition) is 0. The zero-order valence-electron chi connectivity index (χ0n) is 7.89. The molecule has 0 unspecified atom stereocenters. The molecular formula is C9H9N3OS. The van der Waals surface area contributed by atoms with E-state index in [2.05, 4.69) is 15.1 Å². The Labute approximate surface area is 85.7 Å². The summed E-state index contributed by atoms with van der Waals surface area (Å²) in [6, 6.07) is 1.86. The average molecular weight is 207 g/mol. The monoisotopic (exact) mass is 207 g/mol. The van der Waals surface area contributed by atoms with Crippen molar-refractivity contribution in [3.8, 4) is 11.3 Å². The summed E-state index contributed by atoms with van der Waals surface area (Å²) in [5, 5.41) is 4.55. The SMILES string of the molecule is CSc1ncc(-c2cc(C)no2)cn1. The fourth-order valence-electron chi connectivity index (χ4n) is 1.05. The summed E-state index contributed by atoms with van der Waals surface area (Å²) in [5.74, 6) is 0.704. The van der Waals surface area contributed by atoms with Crippen LogP contribution in [0.1, 0.15) is 5.69 Å². The lowest BCUT2D eigenvalue weighted by Gasteiger charge is -1.95. The van der Waals surface area contributed by atoms with Gasteiger partial charge in [0.05, 0.1) is 11.3 Å². The Hall–Kier alpha value is -1.36. The van der Waals surface area contributed by atoms with E-state index in [0.29, 0.717) is 5.76 Å². The van der Waals surface area contributed by atoms with Gasteiger partial charge >= 0.3 is 0 Å². The topological polar surface area (TPSA) is 51.8 Å². The van der Waals surface area contributed by atoms with Crippen molar-refractivity contribution < 1.29 is 4.52 Å². The maximum Gasteiger partial charge on any atom is 0.187 e. The Bertz CT molecular complexity index is 424. The van der Waals surface area contributed by atoms with E-state index in [1.807, 2.05) is 19.2 Å². The third-order valence-corrected chi connectivity index (χ3v) is 2.30. The first kappa shape index (κ1) is 9.21. The van der Waals surface area contributed by atoms with Crippen LogP contribution in [0.3, 0.4) is 0 Å². The second-order valence-electron chi connectivity index (χ2n) is 2.79. The molecule has 2 aromatic rings. The smallest absolute Gasteiger partial charge is 0.187 e. The van der Waals surface area contributed by atoms with Gasteiger partial charge in [0.25, 0.3) is 0 Å². The van der Waals surface area contributed by atoms with Gasteiger partial charge in [0.2, 0.25) is 0 Å². The summed E-state index contributed by atoms with van der Waals surface area (Å²) < 4.78 is 5.09. The molecule has 0 aliphatic rings. The Morgan fingerprint density at radius 1 is 1.29 bits per heavy atom. The Kier molecular flexibility index (Phi) is 2.49. The molecule has 2 aromatic heterocycles. The Morgan fingerprint density at radius 3 is 2.50 bits per heavy atom. The number of hydrogen-bond acceptors (Lipinski definition) is 5. The summed E-state index contributed by atoms with van der Waals surface area (Å²) in [6.45, 7) is 1.88. The van der Waals surface area contributed by atoms with Gasteiger partial charge in [-0.3, -0.25) is 0 Å². The lowest BCUT2D eigenvalue weighted by Crippen LogP contribution is -1.85. The van der Waals surface area contributed by atoms with Crippen molar-refractivity contribution in [2.75, 3.05) is 6.26 Å². The van der Waals surface area contributed by atoms with Gasteiger partial charge in [-0.1, -0.05) is 16.9 Å². The van der Waals surface area contributed by atoms with Crippen LogP contribution in [-0.2, 0) is 0 Å². The molecule has 0 saturated carbocycles. The van der Waals surface area contributed by atoms with Crippen LogP contribution in [0.4, 0.5) is 0 Å². The summed E-state index contributed by atoms with van der Waals surface area (Å²) in [6.07, 6.45) is 5.41. The minimum atomic E-state index is 0.704. The molecule has 0 saturated heterocycles. The summed E-state index contributed by atoms with van der Waals surface area (Å²) in [4.78, 5) is 8.29. The first-order valence-corrected chi connectivity index (χ1v) is 5.32. The van der Waals surface area contributed by atoms with Crippen molar-refractivity contribution in [1.82, 2.24) is 15.1 Å². The van der Waals surface area contributed by atoms with Crippen molar-refractivity contribution in [2.45, 2.75) is 12.1 Å². The molecule has 2 rings (SSSR count). The van der Waals surface area contributed by atoms with E-state index in [4.69, 9.17) is 4.52 Å². The Balaban J connectivity index is 2.33. The van der Waals surface area contributed by atoms with Crippen LogP contribution in [0.2, 0.25) is 0 Å². The van der Waals surface area contributed by atoms with Crippen molar-refractivity contribution in [3.05, 3.63) is 24.2 Å². The fourth-order valence-corrected chi connectivity index (χ4v) is 1.36. The lowest BCUT2D eigenvalue weighted by atomic mass is 10.2. The van der Waals surface area contributed by atoms with Crippen molar-refractivity contribution in [2.24, 2.45) is 0 Å². The molecule has 2 heterocycles. The maximum absolute atomic E-state index is 5.09. The summed E-state index contributed by atoms with van der Waals surface area (Å²) >= 11 is 1.51. The van der Waals surface area contributed by atoms with Crippen LogP contribution in [0, 0.1) is 6.92 Å². The van der Waals surface area contributed by atoms with Gasteiger partial charge in [-0.15, -0.1) is 0 Å². The predicted octanol–water partition coefficient (Wildman–Crippen LogP) is 2.16. The quantitative estimate of drug-likeness (QED) is 0.558. The first-order chi connectivity index (χ1) is 6.79. The lowest BCUT2D eigenvalue weighted by molar-refractivity contribution is 0.426. The molecule has 0 fully saturated rings. The zero-order chi connectivity index (χ0) is 9.97. The highest BCUT2D eigenvalue weighted by Crippen LogP contribution is 2.19. The number of aryl methyl sites for hydroxylation is 1. The Morgan fingerprint density at radius 2 is 2.00 bits per heavy atom. The second kappa shape index (κ2) is 3.79. The van der Waals surface area contributed by atoms with Crippen molar-refractivity contribution in [3.63, 3.8) is 0 Å². The van der Waals surface area contributed by atoms with Crippen LogP contribution in [0.5, 0.6) is 0 Å². The van der Waals surface area contributed by atoms with E-state index in [1.54, 1.807) is 12.4 Å². The van der Waals surface area contributed by atoms with Crippen LogP contribution < -0.4 is 0 Å². The van der Waals surface area contributed by atoms with Gasteiger partial charge in [-0.2, -0.15) is 0 Å². The zero-order valence-corrected chi connectivity index (χ0v) is 8.71. The molecule has 0 aliphatic heterocycles. The van der Waals surface area contributed by atoms with E-state index in [0.717, 1.165) is 16.4 Å². The van der Waals surface area contributed by atoms with E-state index >= 15 is 0 Å². The third kappa shape index (κ3) is 1.77. The number of thioether (sulfide) groups is 1. The minimum Gasteiger partial charge on any atom is -0.356 e. The standard InChI is InChI=1S/C9H9N3OS/c1-6-3-8(13-12-6)7-4-10-9(14-2)11-5-7/h3-5H,1-2H3. The van der Waals surface area contributed by atoms with Gasteiger partial charge in [-0.25, -0.2) is 9.97 Å². The molecule has 0 bridgehead atoms. The normalized spacial score (nSPS) is 10.4. The molecule has 5 heteroatoms. The number of rotatable bonds is 2.